The van der Waals surface area contributed by atoms with E-state index in [-0.39, 0.29) is 35.6 Å². The van der Waals surface area contributed by atoms with Gasteiger partial charge in [0.15, 0.2) is 0 Å². The van der Waals surface area contributed by atoms with Crippen LogP contribution in [-0.2, 0) is 0 Å². The second kappa shape index (κ2) is 4.41. The zero-order valence-electron chi connectivity index (χ0n) is 6.25. The molecule has 0 unspecified atom stereocenters. The molecule has 2 aromatic rings. The molecule has 0 saturated carbocycles. The number of aromatic hydroxyl groups is 1. The van der Waals surface area contributed by atoms with Gasteiger partial charge in [-0.25, -0.2) is 4.68 Å². The summed E-state index contributed by atoms with van der Waals surface area (Å²) in [6.07, 6.45) is 1.46. The van der Waals surface area contributed by atoms with Crippen molar-refractivity contribution in [3.05, 3.63) is 36.7 Å². The average molecular weight is 185 g/mol. The van der Waals surface area contributed by atoms with E-state index in [4.69, 9.17) is 5.11 Å². The predicted molar refractivity (Wildman–Crippen MR) is 50.2 cm³/mol. The van der Waals surface area contributed by atoms with Gasteiger partial charge in [0.2, 0.25) is 0 Å². The van der Waals surface area contributed by atoms with Crippen LogP contribution in [0.2, 0.25) is 0 Å². The van der Waals surface area contributed by atoms with Gasteiger partial charge >= 0.3 is 35.6 Å². The number of hydrogen-bond donors (Lipinski definition) is 1. The van der Waals surface area contributed by atoms with Crippen molar-refractivity contribution in [3.8, 4) is 11.7 Å². The van der Waals surface area contributed by atoms with Gasteiger partial charge in [0.25, 0.3) is 0 Å². The van der Waals surface area contributed by atoms with Gasteiger partial charge in [-0.2, -0.15) is 4.98 Å². The van der Waals surface area contributed by atoms with Crippen molar-refractivity contribution < 1.29 is 5.11 Å². The topological polar surface area (TPSA) is 50.9 Å². The van der Waals surface area contributed by atoms with Crippen molar-refractivity contribution in [2.75, 3.05) is 0 Å². The Bertz CT molecular complexity index is 374. The molecule has 0 amide bonds. The monoisotopic (exact) mass is 185 g/mol. The minimum atomic E-state index is -0.209. The number of benzene rings is 1. The summed E-state index contributed by atoms with van der Waals surface area (Å²) in [5, 5.41) is 12.6. The van der Waals surface area contributed by atoms with Gasteiger partial charge in [0.05, 0.1) is 5.69 Å². The van der Waals surface area contributed by atoms with Gasteiger partial charge in [-0.05, 0) is 12.1 Å². The molecule has 2 rings (SSSR count). The maximum absolute atomic E-state index is 8.87. The summed E-state index contributed by atoms with van der Waals surface area (Å²) in [5.41, 5.74) is 0.880. The Labute approximate surface area is 97.5 Å². The number of aromatic nitrogens is 3. The van der Waals surface area contributed by atoms with Crippen LogP contribution in [-0.4, -0.2) is 49.4 Å². The fourth-order valence-electron chi connectivity index (χ4n) is 0.959. The fourth-order valence-corrected chi connectivity index (χ4v) is 0.959. The average Bonchev–Trinajstić information content (AvgIpc) is 2.54. The maximum atomic E-state index is 8.87. The van der Waals surface area contributed by atoms with Crippen LogP contribution >= 0.6 is 0 Å². The van der Waals surface area contributed by atoms with Crippen LogP contribution in [0, 0.1) is 0 Å². The quantitative estimate of drug-likeness (QED) is 0.651. The summed E-state index contributed by atoms with van der Waals surface area (Å²) in [5.74, 6) is 0. The van der Waals surface area contributed by atoms with E-state index in [1.165, 1.54) is 11.0 Å². The van der Waals surface area contributed by atoms with E-state index in [1.54, 1.807) is 0 Å². The Kier molecular flexibility index (Phi) is 3.48. The van der Waals surface area contributed by atoms with E-state index in [2.05, 4.69) is 10.1 Å². The molecule has 0 radical (unpaired) electrons. The van der Waals surface area contributed by atoms with Crippen LogP contribution in [0.1, 0.15) is 0 Å². The van der Waals surface area contributed by atoms with E-state index < -0.39 is 0 Å². The number of nitrogens with zero attached hydrogens (tertiary/aromatic N) is 3. The third-order valence-corrected chi connectivity index (χ3v) is 1.50. The molecule has 13 heavy (non-hydrogen) atoms. The van der Waals surface area contributed by atoms with Gasteiger partial charge < -0.3 is 5.11 Å². The first-order valence-electron chi connectivity index (χ1n) is 3.52. The third kappa shape index (κ3) is 2.30. The number of para-hydroxylation sites is 1. The van der Waals surface area contributed by atoms with Crippen molar-refractivity contribution in [1.29, 1.82) is 0 Å². The van der Waals surface area contributed by atoms with Crippen LogP contribution in [0.25, 0.3) is 5.69 Å². The summed E-state index contributed by atoms with van der Waals surface area (Å²) in [7, 11) is 0. The summed E-state index contributed by atoms with van der Waals surface area (Å²) in [6.45, 7) is 0. The van der Waals surface area contributed by atoms with Crippen molar-refractivity contribution in [1.82, 2.24) is 14.8 Å². The van der Waals surface area contributed by atoms with Crippen molar-refractivity contribution >= 4 is 29.6 Å². The summed E-state index contributed by atoms with van der Waals surface area (Å²) in [6, 6.07) is 9.27. The Balaban J connectivity index is 0.000000845. The normalized spacial score (nSPS) is 9.23. The number of rotatable bonds is 1. The van der Waals surface area contributed by atoms with Crippen molar-refractivity contribution in [2.45, 2.75) is 0 Å². The van der Waals surface area contributed by atoms with E-state index in [9.17, 15) is 0 Å². The van der Waals surface area contributed by atoms with Crippen LogP contribution in [0.15, 0.2) is 36.7 Å². The van der Waals surface area contributed by atoms with E-state index in [1.807, 2.05) is 30.3 Å². The van der Waals surface area contributed by atoms with E-state index >= 15 is 0 Å². The molecule has 1 heterocycles. The first-order chi connectivity index (χ1) is 5.86. The molecule has 4 nitrogen and oxygen atoms in total. The molecule has 0 fully saturated rings. The molecule has 62 valence electrons. The molecule has 0 spiro atoms. The molecule has 5 heteroatoms. The summed E-state index contributed by atoms with van der Waals surface area (Å²) >= 11 is 0. The van der Waals surface area contributed by atoms with Gasteiger partial charge in [-0.1, -0.05) is 18.2 Å². The Morgan fingerprint density at radius 3 is 2.38 bits per heavy atom. The van der Waals surface area contributed by atoms with Crippen LogP contribution in [0.4, 0.5) is 0 Å². The van der Waals surface area contributed by atoms with Gasteiger partial charge in [0.1, 0.15) is 6.33 Å². The molecule has 0 saturated heterocycles. The molecular weight excluding hydrogens is 177 g/mol. The van der Waals surface area contributed by atoms with Crippen molar-refractivity contribution in [3.63, 3.8) is 0 Å². The first kappa shape index (κ1) is 10.2. The molecule has 0 bridgehead atoms. The zero-order valence-corrected chi connectivity index (χ0v) is 6.25. The number of hydrogen-bond acceptors (Lipinski definition) is 3. The third-order valence-electron chi connectivity index (χ3n) is 1.50. The Morgan fingerprint density at radius 1 is 1.15 bits per heavy atom. The van der Waals surface area contributed by atoms with Crippen LogP contribution in [0.5, 0.6) is 6.01 Å². The van der Waals surface area contributed by atoms with E-state index in [0.29, 0.717) is 0 Å². The second-order valence-corrected chi connectivity index (χ2v) is 2.32. The molecule has 0 atom stereocenters. The summed E-state index contributed by atoms with van der Waals surface area (Å²) < 4.78 is 1.51. The molecule has 1 aromatic heterocycles. The Morgan fingerprint density at radius 2 is 1.85 bits per heavy atom. The molecule has 1 N–H and O–H groups in total. The molecule has 0 aliphatic rings. The molecular formula is C8H8N3NaO. The van der Waals surface area contributed by atoms with Gasteiger partial charge in [0, 0.05) is 0 Å². The molecule has 0 aliphatic carbocycles. The summed E-state index contributed by atoms with van der Waals surface area (Å²) in [4.78, 5) is 3.60. The van der Waals surface area contributed by atoms with Crippen LogP contribution < -0.4 is 0 Å². The van der Waals surface area contributed by atoms with Gasteiger partial charge in [-0.3, -0.25) is 0 Å². The van der Waals surface area contributed by atoms with Gasteiger partial charge in [-0.15, -0.1) is 5.10 Å². The van der Waals surface area contributed by atoms with Crippen molar-refractivity contribution in [2.24, 2.45) is 0 Å². The minimum absolute atomic E-state index is 0. The first-order valence-corrected chi connectivity index (χ1v) is 3.52. The molecule has 0 aliphatic heterocycles. The van der Waals surface area contributed by atoms with Crippen LogP contribution in [0.3, 0.4) is 0 Å². The zero-order chi connectivity index (χ0) is 8.39. The van der Waals surface area contributed by atoms with E-state index in [0.717, 1.165) is 5.69 Å². The predicted octanol–water partition coefficient (Wildman–Crippen LogP) is 0.324. The second-order valence-electron chi connectivity index (χ2n) is 2.32. The fraction of sp³-hybridized carbons (Fsp3) is 0. The SMILES string of the molecule is Oc1ncn(-c2ccccc2)n1.[NaH]. The Hall–Kier alpha value is -0.840. The molecule has 1 aromatic carbocycles. The standard InChI is InChI=1S/C8H7N3O.Na.H/c12-8-9-6-11(10-8)7-4-2-1-3-5-7;;/h1-6H,(H,10,12);;.